The molecule has 0 aliphatic carbocycles. The van der Waals surface area contributed by atoms with Crippen molar-refractivity contribution in [3.63, 3.8) is 0 Å². The molecule has 0 aromatic heterocycles. The van der Waals surface area contributed by atoms with E-state index in [1.165, 1.54) is 58.2 Å². The van der Waals surface area contributed by atoms with Crippen LogP contribution in [-0.4, -0.2) is 24.5 Å². The van der Waals surface area contributed by atoms with Crippen LogP contribution < -0.4 is 0 Å². The van der Waals surface area contributed by atoms with Crippen molar-refractivity contribution < 1.29 is 0 Å². The first-order valence-corrected chi connectivity index (χ1v) is 7.09. The van der Waals surface area contributed by atoms with Crippen molar-refractivity contribution in [1.29, 1.82) is 0 Å². The third kappa shape index (κ3) is 6.94. The van der Waals surface area contributed by atoms with E-state index < -0.39 is 0 Å². The number of rotatable bonds is 5. The Labute approximate surface area is 97.2 Å². The molecule has 0 atom stereocenters. The maximum Gasteiger partial charge on any atom is -0.00162 e. The van der Waals surface area contributed by atoms with Gasteiger partial charge in [-0.1, -0.05) is 53.4 Å². The standard InChI is InChI=1S/C12H25N.C2H6/c1-3-5-6-7-12-8-10-13(4-2)11-9-12;1-2/h12H,3-11H2,1-2H3;1-2H3. The Morgan fingerprint density at radius 3 is 2.07 bits per heavy atom. The van der Waals surface area contributed by atoms with Crippen molar-refractivity contribution in [2.75, 3.05) is 19.6 Å². The normalized spacial score (nSPS) is 18.4. The second-order valence-electron chi connectivity index (χ2n) is 4.37. The summed E-state index contributed by atoms with van der Waals surface area (Å²) in [4.78, 5) is 2.58. The molecule has 0 saturated carbocycles. The summed E-state index contributed by atoms with van der Waals surface area (Å²) in [6, 6.07) is 0. The minimum Gasteiger partial charge on any atom is -0.304 e. The Morgan fingerprint density at radius 1 is 1.00 bits per heavy atom. The lowest BCUT2D eigenvalue weighted by atomic mass is 9.91. The average molecular weight is 213 g/mol. The molecule has 15 heavy (non-hydrogen) atoms. The Morgan fingerprint density at radius 2 is 1.60 bits per heavy atom. The lowest BCUT2D eigenvalue weighted by Crippen LogP contribution is -2.33. The second kappa shape index (κ2) is 10.5. The molecule has 0 aromatic rings. The molecular formula is C14H31N. The lowest BCUT2D eigenvalue weighted by molar-refractivity contribution is 0.185. The zero-order valence-electron chi connectivity index (χ0n) is 11.4. The number of likely N-dealkylation sites (tertiary alicyclic amines) is 1. The van der Waals surface area contributed by atoms with Crippen LogP contribution in [0.2, 0.25) is 0 Å². The zero-order chi connectivity index (χ0) is 11.5. The van der Waals surface area contributed by atoms with E-state index >= 15 is 0 Å². The van der Waals surface area contributed by atoms with Crippen molar-refractivity contribution in [3.05, 3.63) is 0 Å². The van der Waals surface area contributed by atoms with Gasteiger partial charge in [0.1, 0.15) is 0 Å². The molecule has 1 saturated heterocycles. The van der Waals surface area contributed by atoms with Crippen LogP contribution in [0.5, 0.6) is 0 Å². The van der Waals surface area contributed by atoms with E-state index in [-0.39, 0.29) is 0 Å². The molecule has 1 rings (SSSR count). The Hall–Kier alpha value is -0.0400. The van der Waals surface area contributed by atoms with E-state index in [1.54, 1.807) is 0 Å². The van der Waals surface area contributed by atoms with Crippen molar-refractivity contribution in [2.45, 2.75) is 66.2 Å². The highest BCUT2D eigenvalue weighted by molar-refractivity contribution is 4.71. The van der Waals surface area contributed by atoms with E-state index in [2.05, 4.69) is 18.7 Å². The molecule has 0 unspecified atom stereocenters. The van der Waals surface area contributed by atoms with Gasteiger partial charge in [-0.2, -0.15) is 0 Å². The summed E-state index contributed by atoms with van der Waals surface area (Å²) >= 11 is 0. The van der Waals surface area contributed by atoms with E-state index in [9.17, 15) is 0 Å². The van der Waals surface area contributed by atoms with Crippen LogP contribution in [0.25, 0.3) is 0 Å². The van der Waals surface area contributed by atoms with Gasteiger partial charge >= 0.3 is 0 Å². The highest BCUT2D eigenvalue weighted by atomic mass is 15.1. The van der Waals surface area contributed by atoms with Crippen molar-refractivity contribution >= 4 is 0 Å². The summed E-state index contributed by atoms with van der Waals surface area (Å²) < 4.78 is 0. The summed E-state index contributed by atoms with van der Waals surface area (Å²) in [5.74, 6) is 1.05. The van der Waals surface area contributed by atoms with E-state index in [4.69, 9.17) is 0 Å². The van der Waals surface area contributed by atoms with Gasteiger partial charge in [0.15, 0.2) is 0 Å². The van der Waals surface area contributed by atoms with Crippen molar-refractivity contribution in [2.24, 2.45) is 5.92 Å². The van der Waals surface area contributed by atoms with Gasteiger partial charge in [0.05, 0.1) is 0 Å². The first-order chi connectivity index (χ1) is 7.36. The molecule has 0 amide bonds. The maximum atomic E-state index is 2.58. The number of hydrogen-bond acceptors (Lipinski definition) is 1. The fraction of sp³-hybridized carbons (Fsp3) is 1.00. The van der Waals surface area contributed by atoms with Crippen LogP contribution in [0.1, 0.15) is 66.2 Å². The fourth-order valence-corrected chi connectivity index (χ4v) is 2.27. The number of hydrogen-bond donors (Lipinski definition) is 0. The van der Waals surface area contributed by atoms with Crippen molar-refractivity contribution in [3.8, 4) is 0 Å². The highest BCUT2D eigenvalue weighted by Crippen LogP contribution is 2.22. The molecule has 0 bridgehead atoms. The second-order valence-corrected chi connectivity index (χ2v) is 4.37. The molecule has 92 valence electrons. The summed E-state index contributed by atoms with van der Waals surface area (Å²) in [7, 11) is 0. The van der Waals surface area contributed by atoms with Crippen LogP contribution in [0.4, 0.5) is 0 Å². The number of nitrogens with zero attached hydrogens (tertiary/aromatic N) is 1. The predicted octanol–water partition coefficient (Wildman–Crippen LogP) is 4.32. The van der Waals surface area contributed by atoms with Crippen LogP contribution in [0, 0.1) is 5.92 Å². The first kappa shape index (κ1) is 15.0. The third-order valence-electron chi connectivity index (χ3n) is 3.37. The number of piperidine rings is 1. The topological polar surface area (TPSA) is 3.24 Å². The molecule has 1 aliphatic rings. The molecule has 0 spiro atoms. The minimum atomic E-state index is 1.05. The molecular weight excluding hydrogens is 182 g/mol. The van der Waals surface area contributed by atoms with E-state index in [0.717, 1.165) is 5.92 Å². The first-order valence-electron chi connectivity index (χ1n) is 7.09. The van der Waals surface area contributed by atoms with Crippen LogP contribution >= 0.6 is 0 Å². The van der Waals surface area contributed by atoms with Gasteiger partial charge in [-0.25, -0.2) is 0 Å². The SMILES string of the molecule is CC.CCCCCC1CCN(CC)CC1. The zero-order valence-corrected chi connectivity index (χ0v) is 11.4. The molecule has 1 aliphatic heterocycles. The third-order valence-corrected chi connectivity index (χ3v) is 3.37. The van der Waals surface area contributed by atoms with Crippen molar-refractivity contribution in [1.82, 2.24) is 4.90 Å². The fourth-order valence-electron chi connectivity index (χ4n) is 2.27. The molecule has 1 fully saturated rings. The Bertz CT molecular complexity index is 112. The largest absolute Gasteiger partial charge is 0.304 e. The van der Waals surface area contributed by atoms with Gasteiger partial charge in [0, 0.05) is 0 Å². The molecule has 0 N–H and O–H groups in total. The number of unbranched alkanes of at least 4 members (excludes halogenated alkanes) is 2. The van der Waals surface area contributed by atoms with E-state index in [1.807, 2.05) is 13.8 Å². The van der Waals surface area contributed by atoms with Crippen LogP contribution in [0.3, 0.4) is 0 Å². The molecule has 0 aromatic carbocycles. The van der Waals surface area contributed by atoms with Crippen LogP contribution in [-0.2, 0) is 0 Å². The monoisotopic (exact) mass is 213 g/mol. The molecule has 1 heteroatoms. The van der Waals surface area contributed by atoms with Gasteiger partial charge in [-0.15, -0.1) is 0 Å². The molecule has 0 radical (unpaired) electrons. The summed E-state index contributed by atoms with van der Waals surface area (Å²) in [5.41, 5.74) is 0. The summed E-state index contributed by atoms with van der Waals surface area (Å²) in [6.45, 7) is 12.5. The van der Waals surface area contributed by atoms with Gasteiger partial charge in [-0.3, -0.25) is 0 Å². The van der Waals surface area contributed by atoms with Gasteiger partial charge < -0.3 is 4.90 Å². The Balaban J connectivity index is 0.000000921. The predicted molar refractivity (Wildman–Crippen MR) is 70.3 cm³/mol. The lowest BCUT2D eigenvalue weighted by Gasteiger charge is -2.30. The van der Waals surface area contributed by atoms with Gasteiger partial charge in [-0.05, 0) is 38.4 Å². The quantitative estimate of drug-likeness (QED) is 0.615. The maximum absolute atomic E-state index is 2.58. The average Bonchev–Trinajstić information content (AvgIpc) is 2.33. The van der Waals surface area contributed by atoms with Gasteiger partial charge in [0.2, 0.25) is 0 Å². The molecule has 1 heterocycles. The molecule has 1 nitrogen and oxygen atoms in total. The summed E-state index contributed by atoms with van der Waals surface area (Å²) in [6.07, 6.45) is 8.68. The Kier molecular flexibility index (Phi) is 10.4. The van der Waals surface area contributed by atoms with Gasteiger partial charge in [0.25, 0.3) is 0 Å². The minimum absolute atomic E-state index is 1.05. The smallest absolute Gasteiger partial charge is 0.00162 e. The highest BCUT2D eigenvalue weighted by Gasteiger charge is 2.16. The van der Waals surface area contributed by atoms with Crippen LogP contribution in [0.15, 0.2) is 0 Å². The summed E-state index contributed by atoms with van der Waals surface area (Å²) in [5, 5.41) is 0. The van der Waals surface area contributed by atoms with E-state index in [0.29, 0.717) is 0 Å².